The van der Waals surface area contributed by atoms with E-state index in [4.69, 9.17) is 0 Å². The van der Waals surface area contributed by atoms with Gasteiger partial charge >= 0.3 is 0 Å². The van der Waals surface area contributed by atoms with Crippen molar-refractivity contribution in [2.24, 2.45) is 0 Å². The monoisotopic (exact) mass is 167 g/mol. The first-order chi connectivity index (χ1) is 5.40. The van der Waals surface area contributed by atoms with E-state index in [9.17, 15) is 4.79 Å². The first-order valence-corrected chi connectivity index (χ1v) is 4.41. The molecule has 0 aromatic rings. The molecule has 2 heteroatoms. The first kappa shape index (κ1) is 9.30. The van der Waals surface area contributed by atoms with Crippen molar-refractivity contribution < 1.29 is 4.79 Å². The molecule has 0 amide bonds. The van der Waals surface area contributed by atoms with E-state index >= 15 is 0 Å². The van der Waals surface area contributed by atoms with Crippen molar-refractivity contribution in [3.63, 3.8) is 0 Å². The third-order valence-corrected chi connectivity index (χ3v) is 1.93. The van der Waals surface area contributed by atoms with Gasteiger partial charge in [-0.2, -0.15) is 0 Å². The van der Waals surface area contributed by atoms with Crippen molar-refractivity contribution >= 4 is 5.78 Å². The van der Waals surface area contributed by atoms with Gasteiger partial charge in [-0.25, -0.2) is 0 Å². The normalized spacial score (nSPS) is 18.8. The number of carbonyl (C=O) groups excluding carboxylic acids is 1. The summed E-state index contributed by atoms with van der Waals surface area (Å²) in [4.78, 5) is 11.3. The van der Waals surface area contributed by atoms with E-state index in [2.05, 4.69) is 26.1 Å². The second-order valence-corrected chi connectivity index (χ2v) is 4.45. The van der Waals surface area contributed by atoms with Crippen LogP contribution in [0.5, 0.6) is 0 Å². The Morgan fingerprint density at radius 1 is 1.25 bits per heavy atom. The predicted molar refractivity (Wildman–Crippen MR) is 49.8 cm³/mol. The zero-order chi connectivity index (χ0) is 9.35. The van der Waals surface area contributed by atoms with E-state index in [0.29, 0.717) is 6.42 Å². The summed E-state index contributed by atoms with van der Waals surface area (Å²) in [5, 5.41) is 3.25. The fourth-order valence-electron chi connectivity index (χ4n) is 1.34. The minimum atomic E-state index is -0.00338. The molecular weight excluding hydrogens is 150 g/mol. The van der Waals surface area contributed by atoms with Crippen LogP contribution in [0.2, 0.25) is 0 Å². The molecule has 0 radical (unpaired) electrons. The van der Waals surface area contributed by atoms with Gasteiger partial charge < -0.3 is 5.32 Å². The average Bonchev–Trinajstić information content (AvgIpc) is 2.16. The molecule has 0 aromatic heterocycles. The van der Waals surface area contributed by atoms with Crippen LogP contribution in [0.15, 0.2) is 11.3 Å². The second kappa shape index (κ2) is 2.92. The highest BCUT2D eigenvalue weighted by atomic mass is 16.1. The largest absolute Gasteiger partial charge is 0.378 e. The maximum atomic E-state index is 11.3. The summed E-state index contributed by atoms with van der Waals surface area (Å²) >= 11 is 0. The van der Waals surface area contributed by atoms with Crippen LogP contribution < -0.4 is 5.32 Å². The minimum Gasteiger partial charge on any atom is -0.378 e. The fourth-order valence-corrected chi connectivity index (χ4v) is 1.34. The molecule has 1 aliphatic rings. The third-order valence-electron chi connectivity index (χ3n) is 1.93. The number of ketones is 1. The molecule has 0 unspecified atom stereocenters. The Morgan fingerprint density at radius 3 is 2.17 bits per heavy atom. The summed E-state index contributed by atoms with van der Waals surface area (Å²) in [7, 11) is 0. The number of hydrogen-bond acceptors (Lipinski definition) is 2. The third kappa shape index (κ3) is 2.10. The highest BCUT2D eigenvalue weighted by Crippen LogP contribution is 2.21. The molecule has 0 saturated heterocycles. The molecule has 0 atom stereocenters. The number of Topliss-reactive ketones (excluding diaryl/α,β-unsaturated/α-hetero) is 1. The highest BCUT2D eigenvalue weighted by molar-refractivity contribution is 5.98. The number of carbonyl (C=O) groups is 1. The zero-order valence-corrected chi connectivity index (χ0v) is 8.32. The van der Waals surface area contributed by atoms with Gasteiger partial charge in [-0.3, -0.25) is 4.79 Å². The molecule has 2 nitrogen and oxygen atoms in total. The van der Waals surface area contributed by atoms with Crippen molar-refractivity contribution in [1.29, 1.82) is 0 Å². The van der Waals surface area contributed by atoms with Crippen LogP contribution in [0.25, 0.3) is 0 Å². The molecule has 0 saturated carbocycles. The minimum absolute atomic E-state index is 0.00338. The Bertz CT molecular complexity index is 233. The fraction of sp³-hybridized carbons (Fsp3) is 0.700. The van der Waals surface area contributed by atoms with E-state index in [1.165, 1.54) is 5.57 Å². The van der Waals surface area contributed by atoms with Gasteiger partial charge in [0.05, 0.1) is 5.70 Å². The van der Waals surface area contributed by atoms with E-state index in [1.54, 1.807) is 0 Å². The molecule has 0 spiro atoms. The van der Waals surface area contributed by atoms with Gasteiger partial charge in [0.15, 0.2) is 5.78 Å². The summed E-state index contributed by atoms with van der Waals surface area (Å²) in [5.74, 6) is 0.266. The summed E-state index contributed by atoms with van der Waals surface area (Å²) in [6, 6.07) is 0. The molecule has 0 bridgehead atoms. The van der Waals surface area contributed by atoms with Crippen LogP contribution in [-0.2, 0) is 4.79 Å². The molecule has 0 aromatic carbocycles. The van der Waals surface area contributed by atoms with Gasteiger partial charge in [0.1, 0.15) is 0 Å². The number of allylic oxidation sites excluding steroid dienone is 2. The maximum absolute atomic E-state index is 11.3. The summed E-state index contributed by atoms with van der Waals surface area (Å²) in [5.41, 5.74) is 2.05. The van der Waals surface area contributed by atoms with Crippen molar-refractivity contribution in [3.8, 4) is 0 Å². The Labute approximate surface area is 74.0 Å². The Balaban J connectivity index is 2.75. The zero-order valence-electron chi connectivity index (χ0n) is 8.32. The van der Waals surface area contributed by atoms with Crippen LogP contribution in [0.1, 0.15) is 40.5 Å². The van der Waals surface area contributed by atoms with Crippen LogP contribution in [0.3, 0.4) is 0 Å². The van der Waals surface area contributed by atoms with E-state index in [-0.39, 0.29) is 11.3 Å². The lowest BCUT2D eigenvalue weighted by atomic mass is 10.1. The van der Waals surface area contributed by atoms with Gasteiger partial charge in [-0.05, 0) is 39.7 Å². The molecule has 1 rings (SSSR count). The van der Waals surface area contributed by atoms with E-state index in [0.717, 1.165) is 12.1 Å². The molecule has 0 heterocycles. The van der Waals surface area contributed by atoms with Crippen molar-refractivity contribution in [2.45, 2.75) is 46.1 Å². The van der Waals surface area contributed by atoms with Gasteiger partial charge in [0.25, 0.3) is 0 Å². The van der Waals surface area contributed by atoms with Gasteiger partial charge in [-0.15, -0.1) is 0 Å². The lowest BCUT2D eigenvalue weighted by molar-refractivity contribution is -0.115. The van der Waals surface area contributed by atoms with Crippen molar-refractivity contribution in [1.82, 2.24) is 5.32 Å². The average molecular weight is 167 g/mol. The van der Waals surface area contributed by atoms with Crippen LogP contribution in [-0.4, -0.2) is 11.3 Å². The molecule has 68 valence electrons. The molecule has 0 fully saturated rings. The van der Waals surface area contributed by atoms with Crippen LogP contribution >= 0.6 is 0 Å². The van der Waals surface area contributed by atoms with Crippen LogP contribution in [0.4, 0.5) is 0 Å². The van der Waals surface area contributed by atoms with Gasteiger partial charge in [0, 0.05) is 12.0 Å². The summed E-state index contributed by atoms with van der Waals surface area (Å²) in [6.45, 7) is 8.23. The lowest BCUT2D eigenvalue weighted by Crippen LogP contribution is -2.37. The lowest BCUT2D eigenvalue weighted by Gasteiger charge is -2.22. The molecule has 1 N–H and O–H groups in total. The first-order valence-electron chi connectivity index (χ1n) is 4.41. The predicted octanol–water partition coefficient (Wildman–Crippen LogP) is 2.01. The van der Waals surface area contributed by atoms with Gasteiger partial charge in [0.2, 0.25) is 0 Å². The topological polar surface area (TPSA) is 29.1 Å². The Kier molecular flexibility index (Phi) is 2.27. The van der Waals surface area contributed by atoms with Gasteiger partial charge in [-0.1, -0.05) is 0 Å². The molecule has 1 aliphatic carbocycles. The smallest absolute Gasteiger partial charge is 0.178 e. The summed E-state index contributed by atoms with van der Waals surface area (Å²) in [6.07, 6.45) is 1.61. The second-order valence-electron chi connectivity index (χ2n) is 4.45. The number of nitrogens with one attached hydrogen (secondary N) is 1. The maximum Gasteiger partial charge on any atom is 0.178 e. The standard InChI is InChI=1S/C10H17NO/c1-7-5-6-8(12)9(7)11-10(2,3)4/h11H,5-6H2,1-4H3. The van der Waals surface area contributed by atoms with Crippen molar-refractivity contribution in [2.75, 3.05) is 0 Å². The Morgan fingerprint density at radius 2 is 1.83 bits per heavy atom. The number of hydrogen-bond donors (Lipinski definition) is 1. The van der Waals surface area contributed by atoms with E-state index < -0.39 is 0 Å². The molecular formula is C10H17NO. The Hall–Kier alpha value is -0.790. The molecule has 0 aliphatic heterocycles. The molecule has 12 heavy (non-hydrogen) atoms. The summed E-state index contributed by atoms with van der Waals surface area (Å²) < 4.78 is 0. The quantitative estimate of drug-likeness (QED) is 0.647. The van der Waals surface area contributed by atoms with Crippen molar-refractivity contribution in [3.05, 3.63) is 11.3 Å². The number of rotatable bonds is 1. The highest BCUT2D eigenvalue weighted by Gasteiger charge is 2.23. The van der Waals surface area contributed by atoms with Crippen LogP contribution in [0, 0.1) is 0 Å². The SMILES string of the molecule is CC1=C(NC(C)(C)C)C(=O)CC1. The van der Waals surface area contributed by atoms with E-state index in [1.807, 2.05) is 6.92 Å².